The molecule has 26 heavy (non-hydrogen) atoms. The molecule has 2 atom stereocenters. The van der Waals surface area contributed by atoms with Crippen molar-refractivity contribution in [2.24, 2.45) is 0 Å². The van der Waals surface area contributed by atoms with E-state index in [0.717, 1.165) is 11.3 Å². The third-order valence-electron chi connectivity index (χ3n) is 5.07. The molecular weight excluding hydrogens is 358 g/mol. The van der Waals surface area contributed by atoms with Crippen LogP contribution in [0.4, 0.5) is 0 Å². The van der Waals surface area contributed by atoms with Gasteiger partial charge in [-0.3, -0.25) is 9.63 Å². The molecule has 0 saturated carbocycles. The number of sulfonamides is 1. The molecule has 3 rings (SSSR count). The van der Waals surface area contributed by atoms with Crippen molar-refractivity contribution in [1.29, 1.82) is 0 Å². The Morgan fingerprint density at radius 2 is 1.77 bits per heavy atom. The number of carbonyl (C=O) groups is 1. The van der Waals surface area contributed by atoms with E-state index in [-0.39, 0.29) is 12.5 Å². The van der Waals surface area contributed by atoms with E-state index >= 15 is 0 Å². The van der Waals surface area contributed by atoms with Gasteiger partial charge in [-0.2, -0.15) is 9.37 Å². The van der Waals surface area contributed by atoms with Crippen LogP contribution in [0, 0.1) is 0 Å². The van der Waals surface area contributed by atoms with Crippen molar-refractivity contribution in [2.75, 3.05) is 46.9 Å². The molecule has 1 aromatic rings. The summed E-state index contributed by atoms with van der Waals surface area (Å²) in [6.45, 7) is 3.09. The van der Waals surface area contributed by atoms with Crippen molar-refractivity contribution >= 4 is 15.9 Å². The van der Waals surface area contributed by atoms with Gasteiger partial charge in [0.2, 0.25) is 15.9 Å². The number of ether oxygens (including phenoxy) is 1. The molecule has 0 radical (unpaired) electrons. The van der Waals surface area contributed by atoms with E-state index in [1.165, 1.54) is 11.2 Å². The number of benzene rings is 1. The van der Waals surface area contributed by atoms with Gasteiger partial charge in [0, 0.05) is 40.2 Å². The van der Waals surface area contributed by atoms with E-state index in [9.17, 15) is 13.2 Å². The maximum atomic E-state index is 13.2. The predicted octanol–water partition coefficient (Wildman–Crippen LogP) is 0.476. The van der Waals surface area contributed by atoms with Crippen LogP contribution in [0.1, 0.15) is 18.5 Å². The minimum absolute atomic E-state index is 0.0258. The molecule has 0 N–H and O–H groups in total. The van der Waals surface area contributed by atoms with E-state index in [4.69, 9.17) is 9.57 Å². The number of hydroxylamine groups is 2. The fourth-order valence-electron chi connectivity index (χ4n) is 3.52. The van der Waals surface area contributed by atoms with Crippen molar-refractivity contribution < 1.29 is 22.8 Å². The molecule has 144 valence electrons. The van der Waals surface area contributed by atoms with Gasteiger partial charge < -0.3 is 9.64 Å². The van der Waals surface area contributed by atoms with Crippen LogP contribution in [0.2, 0.25) is 0 Å². The molecule has 1 amide bonds. The van der Waals surface area contributed by atoms with Gasteiger partial charge in [0.25, 0.3) is 0 Å². The maximum Gasteiger partial charge on any atom is 0.221 e. The molecule has 0 aliphatic carbocycles. The Labute approximate surface area is 154 Å². The third kappa shape index (κ3) is 3.57. The Hall–Kier alpha value is -1.68. The fourth-order valence-corrected chi connectivity index (χ4v) is 5.46. The van der Waals surface area contributed by atoms with Crippen molar-refractivity contribution in [3.63, 3.8) is 0 Å². The number of nitrogens with zero attached hydrogens (tertiary/aromatic N) is 3. The fraction of sp³-hybridized carbons (Fsp3) is 0.588. The Bertz CT molecular complexity index is 744. The van der Waals surface area contributed by atoms with E-state index in [1.54, 1.807) is 24.1 Å². The Balaban J connectivity index is 1.80. The molecule has 2 unspecified atom stereocenters. The second kappa shape index (κ2) is 7.51. The Kier molecular flexibility index (Phi) is 5.52. The van der Waals surface area contributed by atoms with Gasteiger partial charge in [-0.15, -0.1) is 0 Å². The minimum Gasteiger partial charge on any atom is -0.497 e. The van der Waals surface area contributed by atoms with Gasteiger partial charge in [-0.1, -0.05) is 12.1 Å². The molecule has 9 heteroatoms. The van der Waals surface area contributed by atoms with Gasteiger partial charge in [-0.05, 0) is 17.7 Å². The van der Waals surface area contributed by atoms with Crippen LogP contribution >= 0.6 is 0 Å². The van der Waals surface area contributed by atoms with Gasteiger partial charge >= 0.3 is 0 Å². The van der Waals surface area contributed by atoms with E-state index < -0.39 is 21.3 Å². The number of methoxy groups -OCH3 is 1. The van der Waals surface area contributed by atoms with Crippen LogP contribution in [0.15, 0.2) is 24.3 Å². The SMILES string of the molecule is COc1ccc(C2C(S(=O)(=O)N3CCN(C(C)=O)CC3)CON2C)cc1. The average Bonchev–Trinajstić information content (AvgIpc) is 3.04. The molecule has 0 spiro atoms. The maximum absolute atomic E-state index is 13.2. The zero-order chi connectivity index (χ0) is 18.9. The van der Waals surface area contributed by atoms with Crippen molar-refractivity contribution in [2.45, 2.75) is 18.2 Å². The van der Waals surface area contributed by atoms with Crippen molar-refractivity contribution in [3.05, 3.63) is 29.8 Å². The van der Waals surface area contributed by atoms with Crippen LogP contribution < -0.4 is 4.74 Å². The topological polar surface area (TPSA) is 79.4 Å². The summed E-state index contributed by atoms with van der Waals surface area (Å²) in [5.74, 6) is 0.692. The first-order chi connectivity index (χ1) is 12.3. The summed E-state index contributed by atoms with van der Waals surface area (Å²) in [5.41, 5.74) is 0.863. The molecule has 8 nitrogen and oxygen atoms in total. The highest BCUT2D eigenvalue weighted by molar-refractivity contribution is 7.89. The first-order valence-electron chi connectivity index (χ1n) is 8.58. The standard InChI is InChI=1S/C17H25N3O5S/c1-13(21)19-8-10-20(11-9-19)26(22,23)16-12-25-18(2)17(16)14-4-6-15(24-3)7-5-14/h4-7,16-17H,8-12H2,1-3H3. The lowest BCUT2D eigenvalue weighted by Gasteiger charge is -2.35. The van der Waals surface area contributed by atoms with Crippen LogP contribution in [-0.4, -0.2) is 80.8 Å². The quantitative estimate of drug-likeness (QED) is 0.752. The predicted molar refractivity (Wildman–Crippen MR) is 96.0 cm³/mol. The summed E-state index contributed by atoms with van der Waals surface area (Å²) >= 11 is 0. The van der Waals surface area contributed by atoms with Crippen LogP contribution in [0.25, 0.3) is 0 Å². The third-order valence-corrected chi connectivity index (χ3v) is 7.31. The Morgan fingerprint density at radius 1 is 1.15 bits per heavy atom. The molecule has 2 heterocycles. The first-order valence-corrected chi connectivity index (χ1v) is 10.1. The summed E-state index contributed by atoms with van der Waals surface area (Å²) in [7, 11) is -0.220. The largest absolute Gasteiger partial charge is 0.497 e. The molecule has 0 aromatic heterocycles. The first kappa shape index (κ1) is 19.1. The zero-order valence-electron chi connectivity index (χ0n) is 15.3. The summed E-state index contributed by atoms with van der Waals surface area (Å²) in [4.78, 5) is 18.7. The van der Waals surface area contributed by atoms with Crippen LogP contribution in [0.3, 0.4) is 0 Å². The lowest BCUT2D eigenvalue weighted by atomic mass is 10.0. The number of amides is 1. The molecule has 2 saturated heterocycles. The average molecular weight is 383 g/mol. The summed E-state index contributed by atoms with van der Waals surface area (Å²) in [5, 5.41) is 0.917. The number of hydrogen-bond donors (Lipinski definition) is 0. The zero-order valence-corrected chi connectivity index (χ0v) is 16.1. The van der Waals surface area contributed by atoms with Crippen LogP contribution in [-0.2, 0) is 19.7 Å². The highest BCUT2D eigenvalue weighted by Gasteiger charge is 2.46. The van der Waals surface area contributed by atoms with E-state index in [0.29, 0.717) is 26.2 Å². The molecule has 0 bridgehead atoms. The van der Waals surface area contributed by atoms with Gasteiger partial charge in [-0.25, -0.2) is 8.42 Å². The second-order valence-corrected chi connectivity index (χ2v) is 8.70. The lowest BCUT2D eigenvalue weighted by Crippen LogP contribution is -2.53. The minimum atomic E-state index is -3.56. The molecule has 2 aliphatic rings. The number of rotatable bonds is 4. The number of carbonyl (C=O) groups excluding carboxylic acids is 1. The summed E-state index contributed by atoms with van der Waals surface area (Å²) in [6.07, 6.45) is 0. The molecule has 1 aromatic carbocycles. The monoisotopic (exact) mass is 383 g/mol. The normalized spacial score (nSPS) is 25.4. The molecule has 2 aliphatic heterocycles. The second-order valence-electron chi connectivity index (χ2n) is 6.55. The molecular formula is C17H25N3O5S. The van der Waals surface area contributed by atoms with Gasteiger partial charge in [0.05, 0.1) is 19.8 Å². The van der Waals surface area contributed by atoms with E-state index in [2.05, 4.69) is 0 Å². The van der Waals surface area contributed by atoms with Crippen LogP contribution in [0.5, 0.6) is 5.75 Å². The summed E-state index contributed by atoms with van der Waals surface area (Å²) in [6, 6.07) is 6.97. The smallest absolute Gasteiger partial charge is 0.221 e. The van der Waals surface area contributed by atoms with Crippen molar-refractivity contribution in [1.82, 2.24) is 14.3 Å². The number of hydrogen-bond acceptors (Lipinski definition) is 6. The van der Waals surface area contributed by atoms with Gasteiger partial charge in [0.1, 0.15) is 11.0 Å². The van der Waals surface area contributed by atoms with Gasteiger partial charge in [0.15, 0.2) is 0 Å². The highest BCUT2D eigenvalue weighted by atomic mass is 32.2. The molecule has 2 fully saturated rings. The number of piperazine rings is 1. The highest BCUT2D eigenvalue weighted by Crippen LogP contribution is 2.35. The Morgan fingerprint density at radius 3 is 2.31 bits per heavy atom. The lowest BCUT2D eigenvalue weighted by molar-refractivity contribution is -0.129. The summed E-state index contributed by atoms with van der Waals surface area (Å²) < 4.78 is 33.1. The van der Waals surface area contributed by atoms with E-state index in [1.807, 2.05) is 24.3 Å². The van der Waals surface area contributed by atoms with Crippen molar-refractivity contribution in [3.8, 4) is 5.75 Å².